The Kier molecular flexibility index (Phi) is 4.26. The largest absolute Gasteiger partial charge is 0.368 e. The van der Waals surface area contributed by atoms with E-state index in [-0.39, 0.29) is 17.5 Å². The molecule has 1 saturated heterocycles. The van der Waals surface area contributed by atoms with E-state index < -0.39 is 0 Å². The lowest BCUT2D eigenvalue weighted by molar-refractivity contribution is -0.136. The Morgan fingerprint density at radius 3 is 2.73 bits per heavy atom. The first-order valence-electron chi connectivity index (χ1n) is 9.12. The van der Waals surface area contributed by atoms with E-state index in [2.05, 4.69) is 21.0 Å². The number of aromatic nitrogens is 4. The zero-order chi connectivity index (χ0) is 18.3. The third-order valence-corrected chi connectivity index (χ3v) is 5.39. The van der Waals surface area contributed by atoms with Crippen LogP contribution in [-0.4, -0.2) is 56.3 Å². The monoisotopic (exact) mass is 356 g/mol. The van der Waals surface area contributed by atoms with Gasteiger partial charge in [0.05, 0.1) is 5.92 Å². The second kappa shape index (κ2) is 6.59. The number of aryl methyl sites for hydroxylation is 3. The molecular formula is C18H24N6O2. The minimum atomic E-state index is -0.129. The van der Waals surface area contributed by atoms with E-state index in [0.29, 0.717) is 26.1 Å². The molecule has 4 heterocycles. The fourth-order valence-electron chi connectivity index (χ4n) is 3.91. The Hall–Kier alpha value is -2.64. The fraction of sp³-hybridized carbons (Fsp3) is 0.556. The van der Waals surface area contributed by atoms with Gasteiger partial charge in [0.25, 0.3) is 0 Å². The molecule has 1 atom stereocenters. The van der Waals surface area contributed by atoms with Crippen LogP contribution >= 0.6 is 0 Å². The standard InChI is InChI=1S/C18H24N6O2/c1-13-11-15(5-6-19-13)22-7-9-23(10-8-22)17(25)14-3-4-16-20-21(2)18(26)24(16)12-14/h5-6,11,14H,3-4,7-10,12H2,1-2H3. The number of carbonyl (C=O) groups is 1. The summed E-state index contributed by atoms with van der Waals surface area (Å²) in [7, 11) is 1.66. The molecule has 8 heteroatoms. The first-order valence-corrected chi connectivity index (χ1v) is 9.12. The van der Waals surface area contributed by atoms with Gasteiger partial charge in [-0.05, 0) is 25.5 Å². The molecule has 0 spiro atoms. The van der Waals surface area contributed by atoms with Gasteiger partial charge >= 0.3 is 5.69 Å². The third kappa shape index (κ3) is 3.00. The van der Waals surface area contributed by atoms with Crippen LogP contribution in [0.5, 0.6) is 0 Å². The summed E-state index contributed by atoms with van der Waals surface area (Å²) in [5, 5.41) is 4.24. The number of nitrogens with zero attached hydrogens (tertiary/aromatic N) is 6. The molecule has 4 rings (SSSR count). The molecule has 8 nitrogen and oxygen atoms in total. The van der Waals surface area contributed by atoms with Crippen LogP contribution < -0.4 is 10.6 Å². The van der Waals surface area contributed by atoms with Gasteiger partial charge in [0.2, 0.25) is 5.91 Å². The molecule has 2 aliphatic heterocycles. The Labute approximate surface area is 152 Å². The Morgan fingerprint density at radius 1 is 1.23 bits per heavy atom. The highest BCUT2D eigenvalue weighted by Crippen LogP contribution is 2.22. The predicted molar refractivity (Wildman–Crippen MR) is 97.0 cm³/mol. The molecule has 1 fully saturated rings. The van der Waals surface area contributed by atoms with Crippen LogP contribution in [0.3, 0.4) is 0 Å². The SMILES string of the molecule is Cc1cc(N2CCN(C(=O)C3CCc4nn(C)c(=O)n4C3)CC2)ccn1. The number of rotatable bonds is 2. The van der Waals surface area contributed by atoms with Gasteiger partial charge in [-0.15, -0.1) is 0 Å². The number of hydrogen-bond acceptors (Lipinski definition) is 5. The molecule has 0 radical (unpaired) electrons. The van der Waals surface area contributed by atoms with Gasteiger partial charge in [-0.3, -0.25) is 14.3 Å². The van der Waals surface area contributed by atoms with Gasteiger partial charge in [0.15, 0.2) is 0 Å². The van der Waals surface area contributed by atoms with Crippen molar-refractivity contribution in [2.45, 2.75) is 26.3 Å². The maximum absolute atomic E-state index is 12.9. The minimum Gasteiger partial charge on any atom is -0.368 e. The van der Waals surface area contributed by atoms with Crippen molar-refractivity contribution in [1.82, 2.24) is 24.2 Å². The molecule has 0 N–H and O–H groups in total. The molecule has 2 aromatic rings. The first-order chi connectivity index (χ1) is 12.5. The number of amides is 1. The normalized spacial score (nSPS) is 20.2. The van der Waals surface area contributed by atoms with Crippen LogP contribution in [0.25, 0.3) is 0 Å². The number of pyridine rings is 1. The molecule has 138 valence electrons. The molecule has 0 bridgehead atoms. The molecule has 0 saturated carbocycles. The van der Waals surface area contributed by atoms with Gasteiger partial charge in [-0.25, -0.2) is 9.48 Å². The molecular weight excluding hydrogens is 332 g/mol. The maximum atomic E-state index is 12.9. The van der Waals surface area contributed by atoms with Crippen molar-refractivity contribution < 1.29 is 4.79 Å². The number of piperazine rings is 1. The van der Waals surface area contributed by atoms with Crippen LogP contribution in [-0.2, 0) is 24.8 Å². The van der Waals surface area contributed by atoms with E-state index in [1.165, 1.54) is 4.68 Å². The van der Waals surface area contributed by atoms with Crippen LogP contribution in [0.4, 0.5) is 5.69 Å². The summed E-state index contributed by atoms with van der Waals surface area (Å²) in [6.45, 7) is 5.50. The summed E-state index contributed by atoms with van der Waals surface area (Å²) in [4.78, 5) is 33.5. The average molecular weight is 356 g/mol. The number of carbonyl (C=O) groups excluding carboxylic acids is 1. The number of fused-ring (bicyclic) bond motifs is 1. The fourth-order valence-corrected chi connectivity index (χ4v) is 3.91. The molecule has 0 aromatic carbocycles. The number of anilines is 1. The van der Waals surface area contributed by atoms with Crippen molar-refractivity contribution in [3.8, 4) is 0 Å². The van der Waals surface area contributed by atoms with Crippen molar-refractivity contribution >= 4 is 11.6 Å². The van der Waals surface area contributed by atoms with Crippen molar-refractivity contribution in [2.24, 2.45) is 13.0 Å². The van der Waals surface area contributed by atoms with Gasteiger partial charge in [-0.1, -0.05) is 0 Å². The lowest BCUT2D eigenvalue weighted by Gasteiger charge is -2.38. The zero-order valence-electron chi connectivity index (χ0n) is 15.3. The van der Waals surface area contributed by atoms with Crippen LogP contribution in [0.15, 0.2) is 23.1 Å². The average Bonchev–Trinajstić information content (AvgIpc) is 2.95. The molecule has 1 unspecified atom stereocenters. The van der Waals surface area contributed by atoms with Crippen molar-refractivity contribution in [3.63, 3.8) is 0 Å². The first kappa shape index (κ1) is 16.8. The quantitative estimate of drug-likeness (QED) is 0.768. The molecule has 26 heavy (non-hydrogen) atoms. The highest BCUT2D eigenvalue weighted by atomic mass is 16.2. The second-order valence-corrected chi connectivity index (χ2v) is 7.14. The van der Waals surface area contributed by atoms with Crippen molar-refractivity contribution in [3.05, 3.63) is 40.3 Å². The molecule has 0 aliphatic carbocycles. The summed E-state index contributed by atoms with van der Waals surface area (Å²) in [6, 6.07) is 4.09. The Balaban J connectivity index is 1.40. The Bertz CT molecular complexity index is 878. The van der Waals surface area contributed by atoms with E-state index in [9.17, 15) is 9.59 Å². The summed E-state index contributed by atoms with van der Waals surface area (Å²) >= 11 is 0. The van der Waals surface area contributed by atoms with Gasteiger partial charge in [0, 0.05) is 63.8 Å². The van der Waals surface area contributed by atoms with E-state index in [0.717, 1.165) is 36.7 Å². The third-order valence-electron chi connectivity index (χ3n) is 5.39. The van der Waals surface area contributed by atoms with Crippen LogP contribution in [0.2, 0.25) is 0 Å². The van der Waals surface area contributed by atoms with Gasteiger partial charge < -0.3 is 9.80 Å². The summed E-state index contributed by atoms with van der Waals surface area (Å²) in [5.74, 6) is 0.829. The van der Waals surface area contributed by atoms with Crippen molar-refractivity contribution in [1.29, 1.82) is 0 Å². The second-order valence-electron chi connectivity index (χ2n) is 7.14. The van der Waals surface area contributed by atoms with Crippen LogP contribution in [0, 0.1) is 12.8 Å². The number of hydrogen-bond donors (Lipinski definition) is 0. The lowest BCUT2D eigenvalue weighted by Crippen LogP contribution is -2.51. The topological polar surface area (TPSA) is 76.3 Å². The van der Waals surface area contributed by atoms with E-state index in [1.807, 2.05) is 24.1 Å². The van der Waals surface area contributed by atoms with E-state index in [1.54, 1.807) is 11.6 Å². The highest BCUT2D eigenvalue weighted by Gasteiger charge is 2.32. The highest BCUT2D eigenvalue weighted by molar-refractivity contribution is 5.79. The maximum Gasteiger partial charge on any atom is 0.345 e. The lowest BCUT2D eigenvalue weighted by atomic mass is 9.97. The van der Waals surface area contributed by atoms with Crippen molar-refractivity contribution in [2.75, 3.05) is 31.1 Å². The minimum absolute atomic E-state index is 0.126. The smallest absolute Gasteiger partial charge is 0.345 e. The molecule has 2 aliphatic rings. The van der Waals surface area contributed by atoms with E-state index in [4.69, 9.17) is 0 Å². The van der Waals surface area contributed by atoms with Crippen LogP contribution in [0.1, 0.15) is 17.9 Å². The zero-order valence-corrected chi connectivity index (χ0v) is 15.3. The molecule has 2 aromatic heterocycles. The predicted octanol–water partition coefficient (Wildman–Crippen LogP) is 0.196. The Morgan fingerprint density at radius 2 is 2.00 bits per heavy atom. The van der Waals surface area contributed by atoms with Gasteiger partial charge in [-0.2, -0.15) is 5.10 Å². The summed E-state index contributed by atoms with van der Waals surface area (Å²) < 4.78 is 3.01. The van der Waals surface area contributed by atoms with E-state index >= 15 is 0 Å². The summed E-state index contributed by atoms with van der Waals surface area (Å²) in [6.07, 6.45) is 3.27. The summed E-state index contributed by atoms with van der Waals surface area (Å²) in [5.41, 5.74) is 2.03. The van der Waals surface area contributed by atoms with Gasteiger partial charge in [0.1, 0.15) is 5.82 Å². The molecule has 1 amide bonds.